The lowest BCUT2D eigenvalue weighted by Crippen LogP contribution is -2.28. The molecule has 4 nitrogen and oxygen atoms in total. The number of rotatable bonds is 1. The summed E-state index contributed by atoms with van der Waals surface area (Å²) in [6.07, 6.45) is 5.29. The molecule has 2 heterocycles. The molecule has 0 spiro atoms. The molecule has 1 amide bonds. The topological polar surface area (TPSA) is 46.1 Å². The van der Waals surface area contributed by atoms with E-state index in [1.165, 1.54) is 6.33 Å². The zero-order chi connectivity index (χ0) is 9.97. The quantitative estimate of drug-likeness (QED) is 0.665. The molecule has 1 aliphatic heterocycles. The molecule has 1 aromatic heterocycles. The zero-order valence-electron chi connectivity index (χ0n) is 8.23. The molecule has 1 aromatic rings. The number of hydrogen-bond acceptors (Lipinski definition) is 3. The molecule has 1 fully saturated rings. The average Bonchev–Trinajstić information content (AvgIpc) is 2.70. The Bertz CT molecular complexity index is 345. The summed E-state index contributed by atoms with van der Waals surface area (Å²) in [4.78, 5) is 21.7. The maximum absolute atomic E-state index is 11.9. The van der Waals surface area contributed by atoms with Crippen molar-refractivity contribution in [3.63, 3.8) is 0 Å². The van der Waals surface area contributed by atoms with Crippen LogP contribution in [0.1, 0.15) is 28.9 Å². The van der Waals surface area contributed by atoms with Gasteiger partial charge in [-0.15, -0.1) is 0 Å². The van der Waals surface area contributed by atoms with Crippen LogP contribution >= 0.6 is 0 Å². The third-order valence-corrected chi connectivity index (χ3v) is 2.54. The summed E-state index contributed by atoms with van der Waals surface area (Å²) in [6.45, 7) is 3.57. The Hall–Kier alpha value is -1.45. The van der Waals surface area contributed by atoms with Crippen LogP contribution in [0.25, 0.3) is 0 Å². The zero-order valence-corrected chi connectivity index (χ0v) is 8.23. The van der Waals surface area contributed by atoms with Gasteiger partial charge in [-0.3, -0.25) is 4.79 Å². The highest BCUT2D eigenvalue weighted by molar-refractivity contribution is 5.95. The predicted octanol–water partition coefficient (Wildman–Crippen LogP) is 1.02. The van der Waals surface area contributed by atoms with Crippen LogP contribution in [0.15, 0.2) is 12.5 Å². The second-order valence-corrected chi connectivity index (χ2v) is 3.52. The first-order chi connectivity index (χ1) is 6.79. The van der Waals surface area contributed by atoms with Gasteiger partial charge in [-0.1, -0.05) is 0 Å². The molecule has 0 radical (unpaired) electrons. The molecule has 0 aromatic carbocycles. The van der Waals surface area contributed by atoms with Crippen molar-refractivity contribution in [2.75, 3.05) is 13.1 Å². The molecular weight excluding hydrogens is 178 g/mol. The Kier molecular flexibility index (Phi) is 2.43. The molecule has 0 aliphatic carbocycles. The van der Waals surface area contributed by atoms with Gasteiger partial charge >= 0.3 is 0 Å². The largest absolute Gasteiger partial charge is 0.339 e. The minimum absolute atomic E-state index is 0.0700. The van der Waals surface area contributed by atoms with Crippen molar-refractivity contribution in [2.24, 2.45) is 0 Å². The maximum Gasteiger partial charge on any atom is 0.257 e. The van der Waals surface area contributed by atoms with Gasteiger partial charge in [-0.05, 0) is 19.8 Å². The average molecular weight is 191 g/mol. The monoisotopic (exact) mass is 191 g/mol. The second-order valence-electron chi connectivity index (χ2n) is 3.52. The van der Waals surface area contributed by atoms with Gasteiger partial charge in [-0.25, -0.2) is 9.97 Å². The van der Waals surface area contributed by atoms with Crippen LogP contribution in [0.5, 0.6) is 0 Å². The van der Waals surface area contributed by atoms with E-state index >= 15 is 0 Å². The first kappa shape index (κ1) is 9.12. The van der Waals surface area contributed by atoms with Crippen molar-refractivity contribution in [1.82, 2.24) is 14.9 Å². The summed E-state index contributed by atoms with van der Waals surface area (Å²) in [6, 6.07) is 0. The van der Waals surface area contributed by atoms with Crippen LogP contribution in [0.4, 0.5) is 0 Å². The standard InChI is InChI=1S/C10H13N3O/c1-8-9(6-11-7-12-8)10(14)13-4-2-3-5-13/h6-7H,2-5H2,1H3. The fourth-order valence-electron chi connectivity index (χ4n) is 1.69. The Morgan fingerprint density at radius 2 is 2.14 bits per heavy atom. The van der Waals surface area contributed by atoms with Crippen LogP contribution in [-0.4, -0.2) is 33.9 Å². The highest BCUT2D eigenvalue weighted by Crippen LogP contribution is 2.13. The SMILES string of the molecule is Cc1ncncc1C(=O)N1CCCC1. The van der Waals surface area contributed by atoms with Crippen LogP contribution in [0.3, 0.4) is 0 Å². The van der Waals surface area contributed by atoms with E-state index in [-0.39, 0.29) is 5.91 Å². The second kappa shape index (κ2) is 3.74. The third-order valence-electron chi connectivity index (χ3n) is 2.54. The molecule has 14 heavy (non-hydrogen) atoms. The Morgan fingerprint density at radius 1 is 1.43 bits per heavy atom. The van der Waals surface area contributed by atoms with Gasteiger partial charge in [0.05, 0.1) is 11.3 Å². The maximum atomic E-state index is 11.9. The molecule has 1 saturated heterocycles. The normalized spacial score (nSPS) is 15.9. The molecule has 0 atom stereocenters. The van der Waals surface area contributed by atoms with Crippen LogP contribution < -0.4 is 0 Å². The lowest BCUT2D eigenvalue weighted by molar-refractivity contribution is 0.0791. The number of aromatic nitrogens is 2. The van der Waals surface area contributed by atoms with E-state index in [0.29, 0.717) is 5.56 Å². The van der Waals surface area contributed by atoms with E-state index in [0.717, 1.165) is 31.6 Å². The summed E-state index contributed by atoms with van der Waals surface area (Å²) >= 11 is 0. The van der Waals surface area contributed by atoms with Gasteiger partial charge < -0.3 is 4.90 Å². The predicted molar refractivity (Wildman–Crippen MR) is 51.9 cm³/mol. The molecule has 2 rings (SSSR count). The minimum Gasteiger partial charge on any atom is -0.339 e. The van der Waals surface area contributed by atoms with Crippen LogP contribution in [0.2, 0.25) is 0 Å². The van der Waals surface area contributed by atoms with E-state index in [2.05, 4.69) is 9.97 Å². The number of likely N-dealkylation sites (tertiary alicyclic amines) is 1. The van der Waals surface area contributed by atoms with Gasteiger partial charge in [-0.2, -0.15) is 0 Å². The molecule has 0 saturated carbocycles. The minimum atomic E-state index is 0.0700. The third kappa shape index (κ3) is 1.60. The van der Waals surface area contributed by atoms with E-state index in [1.54, 1.807) is 6.20 Å². The van der Waals surface area contributed by atoms with Crippen molar-refractivity contribution < 1.29 is 4.79 Å². The number of amides is 1. The van der Waals surface area contributed by atoms with E-state index in [9.17, 15) is 4.79 Å². The van der Waals surface area contributed by atoms with Gasteiger partial charge in [0.15, 0.2) is 0 Å². The first-order valence-electron chi connectivity index (χ1n) is 4.85. The van der Waals surface area contributed by atoms with Crippen molar-refractivity contribution in [2.45, 2.75) is 19.8 Å². The molecule has 0 bridgehead atoms. The Labute approximate surface area is 83.0 Å². The first-order valence-corrected chi connectivity index (χ1v) is 4.85. The lowest BCUT2D eigenvalue weighted by Gasteiger charge is -2.15. The lowest BCUT2D eigenvalue weighted by atomic mass is 10.2. The van der Waals surface area contributed by atoms with Gasteiger partial charge in [0.1, 0.15) is 6.33 Å². The van der Waals surface area contributed by atoms with E-state index < -0.39 is 0 Å². The summed E-state index contributed by atoms with van der Waals surface area (Å²) in [5.74, 6) is 0.0700. The fraction of sp³-hybridized carbons (Fsp3) is 0.500. The number of aryl methyl sites for hydroxylation is 1. The molecule has 0 unspecified atom stereocenters. The summed E-state index contributed by atoms with van der Waals surface area (Å²) in [7, 11) is 0. The van der Waals surface area contributed by atoms with Crippen LogP contribution in [-0.2, 0) is 0 Å². The van der Waals surface area contributed by atoms with E-state index in [4.69, 9.17) is 0 Å². The molecule has 4 heteroatoms. The van der Waals surface area contributed by atoms with E-state index in [1.807, 2.05) is 11.8 Å². The summed E-state index contributed by atoms with van der Waals surface area (Å²) in [5.41, 5.74) is 1.39. The van der Waals surface area contributed by atoms with Crippen molar-refractivity contribution in [3.8, 4) is 0 Å². The smallest absolute Gasteiger partial charge is 0.257 e. The van der Waals surface area contributed by atoms with Crippen LogP contribution in [0, 0.1) is 6.92 Å². The summed E-state index contributed by atoms with van der Waals surface area (Å²) < 4.78 is 0. The number of carbonyl (C=O) groups is 1. The highest BCUT2D eigenvalue weighted by atomic mass is 16.2. The van der Waals surface area contributed by atoms with Gasteiger partial charge in [0.2, 0.25) is 0 Å². The van der Waals surface area contributed by atoms with Gasteiger partial charge in [0, 0.05) is 19.3 Å². The molecule has 0 N–H and O–H groups in total. The van der Waals surface area contributed by atoms with Crippen molar-refractivity contribution in [3.05, 3.63) is 23.8 Å². The fourth-order valence-corrected chi connectivity index (χ4v) is 1.69. The molecule has 74 valence electrons. The summed E-state index contributed by atoms with van der Waals surface area (Å²) in [5, 5.41) is 0. The van der Waals surface area contributed by atoms with Crippen molar-refractivity contribution in [1.29, 1.82) is 0 Å². The molecular formula is C10H13N3O. The highest BCUT2D eigenvalue weighted by Gasteiger charge is 2.21. The Morgan fingerprint density at radius 3 is 2.79 bits per heavy atom. The molecule has 1 aliphatic rings. The Balaban J connectivity index is 2.22. The van der Waals surface area contributed by atoms with Gasteiger partial charge in [0.25, 0.3) is 5.91 Å². The number of nitrogens with zero attached hydrogens (tertiary/aromatic N) is 3. The van der Waals surface area contributed by atoms with Crippen molar-refractivity contribution >= 4 is 5.91 Å². The number of hydrogen-bond donors (Lipinski definition) is 0. The number of carbonyl (C=O) groups excluding carboxylic acids is 1.